The van der Waals surface area contributed by atoms with Gasteiger partial charge in [-0.2, -0.15) is 0 Å². The molecule has 1 aliphatic rings. The molecule has 0 N–H and O–H groups in total. The summed E-state index contributed by atoms with van der Waals surface area (Å²) in [5.74, 6) is -0.305. The maximum Gasteiger partial charge on any atom is 0.340 e. The van der Waals surface area contributed by atoms with Crippen molar-refractivity contribution in [2.75, 3.05) is 6.61 Å². The fourth-order valence-electron chi connectivity index (χ4n) is 1.17. The van der Waals surface area contributed by atoms with Gasteiger partial charge >= 0.3 is 5.97 Å². The topological polar surface area (TPSA) is 39.2 Å². The Hall–Kier alpha value is -1.09. The van der Waals surface area contributed by atoms with Crippen LogP contribution >= 0.6 is 11.6 Å². The van der Waals surface area contributed by atoms with Crippen LogP contribution in [0.25, 0.3) is 0 Å². The summed E-state index contributed by atoms with van der Waals surface area (Å²) in [5, 5.41) is 0.420. The van der Waals surface area contributed by atoms with Gasteiger partial charge in [0.15, 0.2) is 0 Å². The standard InChI is InChI=1S/C8H6ClNO2/c9-7-2-1-5-6(10-7)3-4-12-8(5)11/h1-2H,3-4H2. The third-order valence-electron chi connectivity index (χ3n) is 1.73. The predicted octanol–water partition coefficient (Wildman–Crippen LogP) is 1.45. The number of esters is 1. The van der Waals surface area contributed by atoms with E-state index in [0.29, 0.717) is 23.7 Å². The first kappa shape index (κ1) is 7.55. The van der Waals surface area contributed by atoms with Gasteiger partial charge in [0, 0.05) is 6.42 Å². The maximum absolute atomic E-state index is 11.1. The molecule has 0 amide bonds. The molecule has 0 atom stereocenters. The molecule has 3 nitrogen and oxygen atoms in total. The van der Waals surface area contributed by atoms with Crippen LogP contribution in [-0.2, 0) is 11.2 Å². The molecule has 12 heavy (non-hydrogen) atoms. The number of halogens is 1. The Morgan fingerprint density at radius 2 is 2.33 bits per heavy atom. The van der Waals surface area contributed by atoms with Crippen LogP contribution < -0.4 is 0 Å². The molecule has 0 radical (unpaired) electrons. The third kappa shape index (κ3) is 1.16. The van der Waals surface area contributed by atoms with Crippen molar-refractivity contribution < 1.29 is 9.53 Å². The van der Waals surface area contributed by atoms with E-state index >= 15 is 0 Å². The molecule has 0 spiro atoms. The van der Waals surface area contributed by atoms with Gasteiger partial charge in [0.2, 0.25) is 0 Å². The largest absolute Gasteiger partial charge is 0.462 e. The van der Waals surface area contributed by atoms with Crippen LogP contribution in [0, 0.1) is 0 Å². The van der Waals surface area contributed by atoms with E-state index < -0.39 is 0 Å². The van der Waals surface area contributed by atoms with Gasteiger partial charge < -0.3 is 4.74 Å². The molecule has 2 heterocycles. The Balaban J connectivity index is 2.53. The second-order valence-electron chi connectivity index (χ2n) is 2.51. The zero-order valence-corrected chi connectivity index (χ0v) is 6.97. The number of hydrogen-bond acceptors (Lipinski definition) is 3. The molecule has 62 valence electrons. The molecule has 1 aromatic rings. The van der Waals surface area contributed by atoms with Crippen LogP contribution in [-0.4, -0.2) is 17.6 Å². The molecule has 1 aromatic heterocycles. The minimum Gasteiger partial charge on any atom is -0.462 e. The van der Waals surface area contributed by atoms with E-state index in [1.165, 1.54) is 0 Å². The zero-order chi connectivity index (χ0) is 8.55. The summed E-state index contributed by atoms with van der Waals surface area (Å²) in [6.07, 6.45) is 0.654. The van der Waals surface area contributed by atoms with E-state index in [0.717, 1.165) is 5.69 Å². The lowest BCUT2D eigenvalue weighted by molar-refractivity contribution is 0.0477. The number of hydrogen-bond donors (Lipinski definition) is 0. The highest BCUT2D eigenvalue weighted by atomic mass is 35.5. The van der Waals surface area contributed by atoms with Gasteiger partial charge in [-0.25, -0.2) is 9.78 Å². The third-order valence-corrected chi connectivity index (χ3v) is 1.94. The number of fused-ring (bicyclic) bond motifs is 1. The van der Waals surface area contributed by atoms with Crippen LogP contribution in [0.3, 0.4) is 0 Å². The maximum atomic E-state index is 11.1. The minimum absolute atomic E-state index is 0.305. The monoisotopic (exact) mass is 183 g/mol. The van der Waals surface area contributed by atoms with Gasteiger partial charge in [-0.1, -0.05) is 11.6 Å². The number of aromatic nitrogens is 1. The summed E-state index contributed by atoms with van der Waals surface area (Å²) in [4.78, 5) is 15.1. The van der Waals surface area contributed by atoms with Crippen molar-refractivity contribution in [2.24, 2.45) is 0 Å². The number of nitrogens with zero attached hydrogens (tertiary/aromatic N) is 1. The van der Waals surface area contributed by atoms with E-state index in [-0.39, 0.29) is 5.97 Å². The van der Waals surface area contributed by atoms with Crippen molar-refractivity contribution in [3.05, 3.63) is 28.5 Å². The van der Waals surface area contributed by atoms with E-state index in [2.05, 4.69) is 4.98 Å². The first-order valence-corrected chi connectivity index (χ1v) is 3.98. The van der Waals surface area contributed by atoms with Gasteiger partial charge in [-0.3, -0.25) is 0 Å². The molecule has 0 bridgehead atoms. The van der Waals surface area contributed by atoms with Crippen molar-refractivity contribution in [3.8, 4) is 0 Å². The number of carbonyl (C=O) groups excluding carboxylic acids is 1. The highest BCUT2D eigenvalue weighted by Gasteiger charge is 2.19. The highest BCUT2D eigenvalue weighted by Crippen LogP contribution is 2.16. The molecule has 2 rings (SSSR count). The van der Waals surface area contributed by atoms with E-state index in [9.17, 15) is 4.79 Å². The van der Waals surface area contributed by atoms with Gasteiger partial charge in [0.1, 0.15) is 5.15 Å². The molecule has 0 unspecified atom stereocenters. The van der Waals surface area contributed by atoms with Crippen LogP contribution in [0.15, 0.2) is 12.1 Å². The van der Waals surface area contributed by atoms with Gasteiger partial charge in [-0.05, 0) is 12.1 Å². The molecule has 0 aromatic carbocycles. The van der Waals surface area contributed by atoms with Gasteiger partial charge in [0.25, 0.3) is 0 Å². The average molecular weight is 184 g/mol. The van der Waals surface area contributed by atoms with E-state index in [1.54, 1.807) is 12.1 Å². The molecular formula is C8H6ClNO2. The number of cyclic esters (lactones) is 1. The average Bonchev–Trinajstić information content (AvgIpc) is 2.04. The lowest BCUT2D eigenvalue weighted by Gasteiger charge is -2.13. The van der Waals surface area contributed by atoms with Crippen LogP contribution in [0.4, 0.5) is 0 Å². The fraction of sp³-hybridized carbons (Fsp3) is 0.250. The Labute approximate surface area is 74.3 Å². The molecule has 0 aliphatic carbocycles. The van der Waals surface area contributed by atoms with Crippen molar-refractivity contribution in [1.82, 2.24) is 4.98 Å². The molecule has 0 saturated heterocycles. The summed E-state index contributed by atoms with van der Waals surface area (Å²) in [5.41, 5.74) is 1.27. The molecule has 0 saturated carbocycles. The lowest BCUT2D eigenvalue weighted by Crippen LogP contribution is -2.18. The van der Waals surface area contributed by atoms with Crippen molar-refractivity contribution in [2.45, 2.75) is 6.42 Å². The van der Waals surface area contributed by atoms with E-state index in [4.69, 9.17) is 16.3 Å². The van der Waals surface area contributed by atoms with Gasteiger partial charge in [0.05, 0.1) is 17.9 Å². The van der Waals surface area contributed by atoms with Crippen molar-refractivity contribution in [1.29, 1.82) is 0 Å². The fourth-order valence-corrected chi connectivity index (χ4v) is 1.33. The molecule has 0 fully saturated rings. The summed E-state index contributed by atoms with van der Waals surface area (Å²) in [6.45, 7) is 0.402. The number of rotatable bonds is 0. The Morgan fingerprint density at radius 1 is 1.50 bits per heavy atom. The van der Waals surface area contributed by atoms with Crippen molar-refractivity contribution in [3.63, 3.8) is 0 Å². The Morgan fingerprint density at radius 3 is 3.17 bits per heavy atom. The lowest BCUT2D eigenvalue weighted by atomic mass is 10.1. The Bertz CT molecular complexity index is 338. The predicted molar refractivity (Wildman–Crippen MR) is 43.2 cm³/mol. The minimum atomic E-state index is -0.305. The van der Waals surface area contributed by atoms with Crippen molar-refractivity contribution >= 4 is 17.6 Å². The molecular weight excluding hydrogens is 178 g/mol. The summed E-state index contributed by atoms with van der Waals surface area (Å²) in [7, 11) is 0. The first-order chi connectivity index (χ1) is 5.77. The summed E-state index contributed by atoms with van der Waals surface area (Å²) in [6, 6.07) is 3.24. The smallest absolute Gasteiger partial charge is 0.340 e. The number of ether oxygens (including phenoxy) is 1. The quantitative estimate of drug-likeness (QED) is 0.452. The van der Waals surface area contributed by atoms with Crippen LogP contribution in [0.5, 0.6) is 0 Å². The summed E-state index contributed by atoms with van der Waals surface area (Å²) < 4.78 is 4.82. The number of pyridine rings is 1. The highest BCUT2D eigenvalue weighted by molar-refractivity contribution is 6.29. The van der Waals surface area contributed by atoms with E-state index in [1.807, 2.05) is 0 Å². The molecule has 1 aliphatic heterocycles. The zero-order valence-electron chi connectivity index (χ0n) is 6.21. The molecule has 4 heteroatoms. The van der Waals surface area contributed by atoms with Crippen LogP contribution in [0.2, 0.25) is 5.15 Å². The second-order valence-corrected chi connectivity index (χ2v) is 2.90. The SMILES string of the molecule is O=C1OCCc2nc(Cl)ccc21. The van der Waals surface area contributed by atoms with Crippen LogP contribution in [0.1, 0.15) is 16.1 Å². The normalized spacial score (nSPS) is 15.2. The summed E-state index contributed by atoms with van der Waals surface area (Å²) >= 11 is 5.66. The first-order valence-electron chi connectivity index (χ1n) is 3.60. The Kier molecular flexibility index (Phi) is 1.73. The second kappa shape index (κ2) is 2.75. The van der Waals surface area contributed by atoms with Gasteiger partial charge in [-0.15, -0.1) is 0 Å². The number of carbonyl (C=O) groups is 1.